The zero-order valence-corrected chi connectivity index (χ0v) is 21.5. The number of aliphatic hydroxyl groups is 1. The van der Waals surface area contributed by atoms with E-state index in [4.69, 9.17) is 4.74 Å². The van der Waals surface area contributed by atoms with Crippen molar-refractivity contribution >= 4 is 45.4 Å². The predicted octanol–water partition coefficient (Wildman–Crippen LogP) is -0.192. The molecule has 11 heteroatoms. The van der Waals surface area contributed by atoms with E-state index in [0.717, 1.165) is 26.1 Å². The lowest BCUT2D eigenvalue weighted by Crippen LogP contribution is -2.55. The minimum Gasteiger partial charge on any atom is -0.396 e. The zero-order valence-electron chi connectivity index (χ0n) is 19.1. The van der Waals surface area contributed by atoms with Crippen LogP contribution in [0.25, 0.3) is 0 Å². The van der Waals surface area contributed by atoms with Gasteiger partial charge in [0.1, 0.15) is 6.04 Å². The standard InChI is InChI=1S/C22H35BrN4O5S/c1-2-4-24-19(29)15-16-21(31)27(6-3-10-28)18(22(16)13-14(23)17(15)33-22)20(30)25-5-7-26-8-11-32-12-9-26/h14-18,28H,2-13H2,1H3,(H,24,29)(H,25,30)/t14?,15-,16-,17-,18?,22?/m0/s1. The summed E-state index contributed by atoms with van der Waals surface area (Å²) < 4.78 is 4.76. The Morgan fingerprint density at radius 3 is 2.64 bits per heavy atom. The molecular formula is C22H35BrN4O5S. The lowest BCUT2D eigenvalue weighted by Gasteiger charge is -2.35. The number of halogens is 1. The third kappa shape index (κ3) is 4.68. The highest BCUT2D eigenvalue weighted by Crippen LogP contribution is 2.67. The maximum Gasteiger partial charge on any atom is 0.244 e. The fourth-order valence-electron chi connectivity index (χ4n) is 5.84. The molecular weight excluding hydrogens is 512 g/mol. The number of aliphatic hydroxyl groups excluding tert-OH is 1. The first-order chi connectivity index (χ1) is 15.9. The van der Waals surface area contributed by atoms with Crippen LogP contribution in [0.5, 0.6) is 0 Å². The molecule has 1 spiro atoms. The summed E-state index contributed by atoms with van der Waals surface area (Å²) in [7, 11) is 0. The van der Waals surface area contributed by atoms with Gasteiger partial charge >= 0.3 is 0 Å². The smallest absolute Gasteiger partial charge is 0.244 e. The van der Waals surface area contributed by atoms with Gasteiger partial charge < -0.3 is 25.4 Å². The van der Waals surface area contributed by atoms with Crippen LogP contribution in [-0.2, 0) is 19.1 Å². The molecule has 2 bridgehead atoms. The average molecular weight is 548 g/mol. The number of carbonyl (C=O) groups excluding carboxylic acids is 3. The largest absolute Gasteiger partial charge is 0.396 e. The summed E-state index contributed by atoms with van der Waals surface area (Å²) in [5.41, 5.74) is 0. The molecule has 0 radical (unpaired) electrons. The summed E-state index contributed by atoms with van der Waals surface area (Å²) in [5.74, 6) is -1.32. The minimum absolute atomic E-state index is 0.0283. The van der Waals surface area contributed by atoms with Crippen LogP contribution in [-0.4, -0.2) is 113 Å². The Kier molecular flexibility index (Phi) is 8.26. The molecule has 4 saturated heterocycles. The zero-order chi connectivity index (χ0) is 23.6. The van der Waals surface area contributed by atoms with Gasteiger partial charge in [0, 0.05) is 56.0 Å². The maximum absolute atomic E-state index is 13.6. The minimum atomic E-state index is -0.634. The Morgan fingerprint density at radius 1 is 1.21 bits per heavy atom. The molecule has 4 fully saturated rings. The highest BCUT2D eigenvalue weighted by atomic mass is 79.9. The van der Waals surface area contributed by atoms with Crippen LogP contribution in [0.2, 0.25) is 0 Å². The number of ether oxygens (including phenoxy) is 1. The van der Waals surface area contributed by atoms with E-state index in [-0.39, 0.29) is 34.4 Å². The fraction of sp³-hybridized carbons (Fsp3) is 0.864. The first-order valence-electron chi connectivity index (χ1n) is 12.0. The van der Waals surface area contributed by atoms with Crippen LogP contribution in [0.3, 0.4) is 0 Å². The number of rotatable bonds is 10. The first-order valence-corrected chi connectivity index (χ1v) is 13.8. The monoisotopic (exact) mass is 546 g/mol. The molecule has 0 aromatic heterocycles. The van der Waals surface area contributed by atoms with Crippen molar-refractivity contribution in [1.29, 1.82) is 0 Å². The van der Waals surface area contributed by atoms with Gasteiger partial charge in [-0.05, 0) is 19.3 Å². The fourth-order valence-corrected chi connectivity index (χ4v) is 9.45. The molecule has 6 atom stereocenters. The summed E-state index contributed by atoms with van der Waals surface area (Å²) in [6.45, 7) is 7.20. The summed E-state index contributed by atoms with van der Waals surface area (Å²) >= 11 is 5.40. The Bertz CT molecular complexity index is 754. The quantitative estimate of drug-likeness (QED) is 0.325. The number of amides is 3. The lowest BCUT2D eigenvalue weighted by molar-refractivity contribution is -0.140. The molecule has 3 unspecified atom stereocenters. The van der Waals surface area contributed by atoms with E-state index in [9.17, 15) is 19.5 Å². The third-order valence-corrected chi connectivity index (χ3v) is 10.5. The van der Waals surface area contributed by atoms with E-state index >= 15 is 0 Å². The second kappa shape index (κ2) is 10.8. The van der Waals surface area contributed by atoms with E-state index in [0.29, 0.717) is 45.7 Å². The molecule has 186 valence electrons. The molecule has 0 saturated carbocycles. The highest BCUT2D eigenvalue weighted by Gasteiger charge is 2.75. The molecule has 0 aromatic carbocycles. The SMILES string of the molecule is CCCNC(=O)[C@H]1[C@H]2C(=O)N(CCCO)C(C(=O)NCCN3CCOCC3)C23CC(Br)[C@@H]1S3. The molecule has 4 aliphatic heterocycles. The molecule has 4 aliphatic rings. The number of fused-ring (bicyclic) bond motifs is 1. The number of nitrogens with zero attached hydrogens (tertiary/aromatic N) is 2. The number of likely N-dealkylation sites (tertiary alicyclic amines) is 1. The molecule has 9 nitrogen and oxygen atoms in total. The van der Waals surface area contributed by atoms with Crippen molar-refractivity contribution in [3.63, 3.8) is 0 Å². The van der Waals surface area contributed by atoms with Crippen molar-refractivity contribution in [3.05, 3.63) is 0 Å². The summed E-state index contributed by atoms with van der Waals surface area (Å²) in [5, 5.41) is 15.4. The predicted molar refractivity (Wildman–Crippen MR) is 129 cm³/mol. The Labute approximate surface area is 207 Å². The lowest BCUT2D eigenvalue weighted by atomic mass is 9.70. The van der Waals surface area contributed by atoms with Crippen LogP contribution >= 0.6 is 27.7 Å². The van der Waals surface area contributed by atoms with Crippen molar-refractivity contribution in [2.45, 2.75) is 47.1 Å². The number of hydrogen-bond acceptors (Lipinski definition) is 7. The van der Waals surface area contributed by atoms with Gasteiger partial charge in [0.2, 0.25) is 17.7 Å². The van der Waals surface area contributed by atoms with Gasteiger partial charge in [-0.25, -0.2) is 0 Å². The van der Waals surface area contributed by atoms with Gasteiger partial charge in [-0.15, -0.1) is 11.8 Å². The molecule has 3 N–H and O–H groups in total. The van der Waals surface area contributed by atoms with Crippen molar-refractivity contribution < 1.29 is 24.2 Å². The highest BCUT2D eigenvalue weighted by molar-refractivity contribution is 9.09. The molecule has 0 aliphatic carbocycles. The van der Waals surface area contributed by atoms with Crippen LogP contribution < -0.4 is 10.6 Å². The van der Waals surface area contributed by atoms with E-state index in [2.05, 4.69) is 31.5 Å². The summed E-state index contributed by atoms with van der Waals surface area (Å²) in [4.78, 5) is 44.3. The maximum atomic E-state index is 13.6. The average Bonchev–Trinajstić information content (AvgIpc) is 3.40. The number of nitrogens with one attached hydrogen (secondary N) is 2. The second-order valence-corrected chi connectivity index (χ2v) is 12.0. The summed E-state index contributed by atoms with van der Waals surface area (Å²) in [6, 6.07) is -0.634. The van der Waals surface area contributed by atoms with Crippen molar-refractivity contribution in [3.8, 4) is 0 Å². The van der Waals surface area contributed by atoms with E-state index in [1.54, 1.807) is 16.7 Å². The van der Waals surface area contributed by atoms with Crippen molar-refractivity contribution in [1.82, 2.24) is 20.4 Å². The number of thioether (sulfide) groups is 1. The van der Waals surface area contributed by atoms with Crippen LogP contribution in [0.4, 0.5) is 0 Å². The Morgan fingerprint density at radius 2 is 1.94 bits per heavy atom. The van der Waals surface area contributed by atoms with Gasteiger partial charge in [0.25, 0.3) is 0 Å². The van der Waals surface area contributed by atoms with Crippen LogP contribution in [0.1, 0.15) is 26.2 Å². The number of hydrogen-bond donors (Lipinski definition) is 3. The second-order valence-electron chi connectivity index (χ2n) is 9.31. The third-order valence-electron chi connectivity index (χ3n) is 7.28. The summed E-state index contributed by atoms with van der Waals surface area (Å²) in [6.07, 6.45) is 1.91. The van der Waals surface area contributed by atoms with Crippen LogP contribution in [0.15, 0.2) is 0 Å². The normalized spacial score (nSPS) is 35.7. The van der Waals surface area contributed by atoms with E-state index < -0.39 is 22.6 Å². The molecule has 3 amide bonds. The van der Waals surface area contributed by atoms with Gasteiger partial charge in [0.05, 0.1) is 29.8 Å². The number of morpholine rings is 1. The molecule has 4 heterocycles. The van der Waals surface area contributed by atoms with Gasteiger partial charge in [0.15, 0.2) is 0 Å². The Balaban J connectivity index is 1.53. The number of carbonyl (C=O) groups is 3. The van der Waals surface area contributed by atoms with Crippen molar-refractivity contribution in [2.75, 3.05) is 59.1 Å². The first kappa shape index (κ1) is 25.2. The Hall–Kier alpha value is -0.880. The molecule has 4 rings (SSSR count). The topological polar surface area (TPSA) is 111 Å². The number of alkyl halides is 1. The van der Waals surface area contributed by atoms with Gasteiger partial charge in [-0.1, -0.05) is 22.9 Å². The van der Waals surface area contributed by atoms with Gasteiger partial charge in [-0.2, -0.15) is 0 Å². The molecule has 33 heavy (non-hydrogen) atoms. The van der Waals surface area contributed by atoms with Gasteiger partial charge in [-0.3, -0.25) is 19.3 Å². The van der Waals surface area contributed by atoms with E-state index in [1.807, 2.05) is 6.92 Å². The van der Waals surface area contributed by atoms with Crippen molar-refractivity contribution in [2.24, 2.45) is 11.8 Å². The molecule has 0 aromatic rings. The van der Waals surface area contributed by atoms with Crippen LogP contribution in [0, 0.1) is 11.8 Å². The van der Waals surface area contributed by atoms with E-state index in [1.165, 1.54) is 0 Å².